The van der Waals surface area contributed by atoms with Crippen LogP contribution in [0.5, 0.6) is 5.75 Å². The van der Waals surface area contributed by atoms with Crippen LogP contribution in [-0.2, 0) is 4.79 Å². The first-order valence-corrected chi connectivity index (χ1v) is 13.2. The third kappa shape index (κ3) is 5.58. The second kappa shape index (κ2) is 11.1. The number of carbonyl (C=O) groups excluding carboxylic acids is 1. The number of pyridine rings is 1. The van der Waals surface area contributed by atoms with Crippen molar-refractivity contribution in [2.75, 3.05) is 25.0 Å². The van der Waals surface area contributed by atoms with Crippen molar-refractivity contribution in [3.05, 3.63) is 72.6 Å². The SMILES string of the molecule is O=C(COc1cccc(-c2nc(Nc3ccc(C4CNNC4)cc3)c3ccncc3n2)c1)NC1CCCC1. The molecule has 1 amide bonds. The zero-order valence-corrected chi connectivity index (χ0v) is 21.1. The Bertz CT molecular complexity index is 1410. The molecular formula is C29H31N7O2. The number of aromatic nitrogens is 3. The van der Waals surface area contributed by atoms with Crippen LogP contribution in [0.15, 0.2) is 67.0 Å². The van der Waals surface area contributed by atoms with Crippen LogP contribution in [0.2, 0.25) is 0 Å². The van der Waals surface area contributed by atoms with Gasteiger partial charge in [0, 0.05) is 47.9 Å². The smallest absolute Gasteiger partial charge is 0.258 e. The van der Waals surface area contributed by atoms with E-state index in [-0.39, 0.29) is 18.6 Å². The molecular weight excluding hydrogens is 478 g/mol. The normalized spacial score (nSPS) is 16.1. The lowest BCUT2D eigenvalue weighted by molar-refractivity contribution is -0.123. The minimum absolute atomic E-state index is 0.0156. The summed E-state index contributed by atoms with van der Waals surface area (Å²) < 4.78 is 5.80. The highest BCUT2D eigenvalue weighted by molar-refractivity contribution is 5.91. The highest BCUT2D eigenvalue weighted by atomic mass is 16.5. The summed E-state index contributed by atoms with van der Waals surface area (Å²) in [6.07, 6.45) is 7.92. The van der Waals surface area contributed by atoms with Crippen LogP contribution in [-0.4, -0.2) is 46.6 Å². The molecule has 1 aliphatic carbocycles. The van der Waals surface area contributed by atoms with Crippen LogP contribution >= 0.6 is 0 Å². The number of nitrogens with zero attached hydrogens (tertiary/aromatic N) is 3. The summed E-state index contributed by atoms with van der Waals surface area (Å²) in [5.41, 5.74) is 10.1. The van der Waals surface area contributed by atoms with E-state index < -0.39 is 0 Å². The first kappa shape index (κ1) is 24.3. The number of carbonyl (C=O) groups is 1. The Morgan fingerprint density at radius 1 is 1.00 bits per heavy atom. The molecule has 1 saturated carbocycles. The molecule has 6 rings (SSSR count). The third-order valence-electron chi connectivity index (χ3n) is 7.15. The molecule has 1 saturated heterocycles. The Morgan fingerprint density at radius 3 is 2.63 bits per heavy atom. The third-order valence-corrected chi connectivity index (χ3v) is 7.15. The van der Waals surface area contributed by atoms with Crippen molar-refractivity contribution >= 4 is 28.3 Å². The van der Waals surface area contributed by atoms with Gasteiger partial charge in [-0.3, -0.25) is 20.6 Å². The molecule has 0 atom stereocenters. The van der Waals surface area contributed by atoms with Gasteiger partial charge in [0.25, 0.3) is 5.91 Å². The second-order valence-electron chi connectivity index (χ2n) is 9.86. The molecule has 0 unspecified atom stereocenters. The second-order valence-corrected chi connectivity index (χ2v) is 9.86. The highest BCUT2D eigenvalue weighted by Gasteiger charge is 2.18. The lowest BCUT2D eigenvalue weighted by Crippen LogP contribution is -2.36. The average molecular weight is 510 g/mol. The molecule has 2 fully saturated rings. The summed E-state index contributed by atoms with van der Waals surface area (Å²) >= 11 is 0. The minimum Gasteiger partial charge on any atom is -0.484 e. The number of benzene rings is 2. The Hall–Kier alpha value is -4.08. The standard InChI is InChI=1S/C29H31N7O2/c37-27(33-22-5-1-2-6-22)18-38-24-7-3-4-20(14-24)28-35-26-17-30-13-12-25(26)29(36-28)34-23-10-8-19(9-11-23)21-15-31-32-16-21/h3-4,7-14,17,21-22,31-32H,1-2,5-6,15-16,18H2,(H,33,37)(H,34,35,36). The van der Waals surface area contributed by atoms with E-state index in [0.717, 1.165) is 48.1 Å². The van der Waals surface area contributed by atoms with Crippen molar-refractivity contribution in [3.63, 3.8) is 0 Å². The van der Waals surface area contributed by atoms with E-state index in [1.165, 1.54) is 18.4 Å². The number of nitrogens with one attached hydrogen (secondary N) is 4. The van der Waals surface area contributed by atoms with E-state index in [4.69, 9.17) is 14.7 Å². The van der Waals surface area contributed by atoms with Gasteiger partial charge in [-0.05, 0) is 48.7 Å². The lowest BCUT2D eigenvalue weighted by atomic mass is 10.0. The molecule has 0 radical (unpaired) electrons. The molecule has 3 heterocycles. The van der Waals surface area contributed by atoms with Crippen LogP contribution in [0.25, 0.3) is 22.3 Å². The van der Waals surface area contributed by atoms with Gasteiger partial charge in [0.15, 0.2) is 12.4 Å². The molecule has 4 N–H and O–H groups in total. The Labute approximate surface area is 221 Å². The maximum Gasteiger partial charge on any atom is 0.258 e. The molecule has 1 aliphatic heterocycles. The van der Waals surface area contributed by atoms with Gasteiger partial charge in [-0.15, -0.1) is 0 Å². The van der Waals surface area contributed by atoms with Crippen molar-refractivity contribution in [2.45, 2.75) is 37.6 Å². The van der Waals surface area contributed by atoms with E-state index in [0.29, 0.717) is 23.3 Å². The number of rotatable bonds is 8. The summed E-state index contributed by atoms with van der Waals surface area (Å²) in [5, 5.41) is 7.41. The number of fused-ring (bicyclic) bond motifs is 1. The van der Waals surface area contributed by atoms with Gasteiger partial charge < -0.3 is 15.4 Å². The summed E-state index contributed by atoms with van der Waals surface area (Å²) in [6, 6.07) is 18.2. The van der Waals surface area contributed by atoms with Gasteiger partial charge in [0.05, 0.1) is 11.7 Å². The molecule has 2 aliphatic rings. The largest absolute Gasteiger partial charge is 0.484 e. The summed E-state index contributed by atoms with van der Waals surface area (Å²) in [4.78, 5) is 26.2. The quantitative estimate of drug-likeness (QED) is 0.281. The summed E-state index contributed by atoms with van der Waals surface area (Å²) in [7, 11) is 0. The van der Waals surface area contributed by atoms with Crippen molar-refractivity contribution in [1.82, 2.24) is 31.1 Å². The molecule has 9 nitrogen and oxygen atoms in total. The van der Waals surface area contributed by atoms with E-state index in [1.807, 2.05) is 30.3 Å². The zero-order chi connectivity index (χ0) is 25.7. The molecule has 4 aromatic rings. The van der Waals surface area contributed by atoms with Crippen LogP contribution in [0.1, 0.15) is 37.2 Å². The van der Waals surface area contributed by atoms with Gasteiger partial charge in [0.1, 0.15) is 11.6 Å². The fourth-order valence-corrected chi connectivity index (χ4v) is 5.09. The maximum absolute atomic E-state index is 12.3. The van der Waals surface area contributed by atoms with Crippen LogP contribution < -0.4 is 26.2 Å². The number of ether oxygens (including phenoxy) is 1. The Balaban J connectivity index is 1.21. The maximum atomic E-state index is 12.3. The van der Waals surface area contributed by atoms with Gasteiger partial charge in [-0.25, -0.2) is 9.97 Å². The predicted molar refractivity (Wildman–Crippen MR) is 147 cm³/mol. The number of hydrogen-bond donors (Lipinski definition) is 4. The van der Waals surface area contributed by atoms with E-state index in [1.54, 1.807) is 12.4 Å². The molecule has 2 aromatic carbocycles. The number of hydrazine groups is 1. The van der Waals surface area contributed by atoms with Crippen LogP contribution in [0, 0.1) is 0 Å². The summed E-state index contributed by atoms with van der Waals surface area (Å²) in [6.45, 7) is 1.83. The highest BCUT2D eigenvalue weighted by Crippen LogP contribution is 2.29. The molecule has 2 aromatic heterocycles. The number of hydrogen-bond acceptors (Lipinski definition) is 8. The molecule has 0 bridgehead atoms. The van der Waals surface area contributed by atoms with Crippen molar-refractivity contribution in [2.24, 2.45) is 0 Å². The van der Waals surface area contributed by atoms with Gasteiger partial charge >= 0.3 is 0 Å². The fraction of sp³-hybridized carbons (Fsp3) is 0.310. The number of anilines is 2. The number of amides is 1. The van der Waals surface area contributed by atoms with E-state index in [2.05, 4.69) is 50.7 Å². The predicted octanol–water partition coefficient (Wildman–Crippen LogP) is 4.06. The van der Waals surface area contributed by atoms with Gasteiger partial charge in [-0.1, -0.05) is 37.1 Å². The van der Waals surface area contributed by atoms with Crippen LogP contribution in [0.4, 0.5) is 11.5 Å². The van der Waals surface area contributed by atoms with Crippen molar-refractivity contribution in [3.8, 4) is 17.1 Å². The Kier molecular flexibility index (Phi) is 7.10. The topological polar surface area (TPSA) is 113 Å². The molecule has 194 valence electrons. The van der Waals surface area contributed by atoms with Crippen molar-refractivity contribution < 1.29 is 9.53 Å². The lowest BCUT2D eigenvalue weighted by Gasteiger charge is -2.14. The minimum atomic E-state index is -0.0895. The fourth-order valence-electron chi connectivity index (χ4n) is 5.09. The van der Waals surface area contributed by atoms with Gasteiger partial charge in [-0.2, -0.15) is 0 Å². The first-order chi connectivity index (χ1) is 18.7. The van der Waals surface area contributed by atoms with Gasteiger partial charge in [0.2, 0.25) is 0 Å². The monoisotopic (exact) mass is 509 g/mol. The van der Waals surface area contributed by atoms with E-state index in [9.17, 15) is 4.79 Å². The molecule has 38 heavy (non-hydrogen) atoms. The Morgan fingerprint density at radius 2 is 1.82 bits per heavy atom. The van der Waals surface area contributed by atoms with Crippen molar-refractivity contribution in [1.29, 1.82) is 0 Å². The van der Waals surface area contributed by atoms with Crippen LogP contribution in [0.3, 0.4) is 0 Å². The molecule has 0 spiro atoms. The van der Waals surface area contributed by atoms with E-state index >= 15 is 0 Å². The average Bonchev–Trinajstić information content (AvgIpc) is 3.68. The summed E-state index contributed by atoms with van der Waals surface area (Å²) in [5.74, 6) is 2.22. The zero-order valence-electron chi connectivity index (χ0n) is 21.1. The molecule has 9 heteroatoms. The first-order valence-electron chi connectivity index (χ1n) is 13.2.